The minimum atomic E-state index is 0.360. The number of fused-ring (bicyclic) bond motifs is 2. The smallest absolute Gasteiger partial charge is 0.0892 e. The monoisotopic (exact) mass is 298 g/mol. The van der Waals surface area contributed by atoms with Crippen LogP contribution in [0.4, 0.5) is 0 Å². The van der Waals surface area contributed by atoms with Crippen LogP contribution in [-0.4, -0.2) is 38.4 Å². The first-order valence-corrected chi connectivity index (χ1v) is 8.02. The molecule has 0 amide bonds. The van der Waals surface area contributed by atoms with Gasteiger partial charge in [0.15, 0.2) is 0 Å². The van der Waals surface area contributed by atoms with E-state index in [1.54, 1.807) is 0 Å². The summed E-state index contributed by atoms with van der Waals surface area (Å²) in [5.74, 6) is 0.672. The van der Waals surface area contributed by atoms with E-state index in [9.17, 15) is 0 Å². The topological polar surface area (TPSA) is 43.2 Å². The van der Waals surface area contributed by atoms with Gasteiger partial charge < -0.3 is 4.74 Å². The molecule has 2 aromatic heterocycles. The van der Waals surface area contributed by atoms with Gasteiger partial charge >= 0.3 is 0 Å². The van der Waals surface area contributed by atoms with E-state index in [0.717, 1.165) is 18.8 Å². The zero-order valence-electron chi connectivity index (χ0n) is 12.9. The molecule has 3 atom stereocenters. The number of pyridine rings is 1. The Morgan fingerprint density at radius 3 is 3.05 bits per heavy atom. The number of piperidine rings is 1. The quantitative estimate of drug-likeness (QED) is 0.847. The van der Waals surface area contributed by atoms with Crippen LogP contribution in [0.25, 0.3) is 0 Å². The van der Waals surface area contributed by atoms with Crippen molar-refractivity contribution < 1.29 is 4.74 Å². The molecule has 2 bridgehead atoms. The Labute approximate surface area is 130 Å². The molecule has 1 saturated heterocycles. The highest BCUT2D eigenvalue weighted by Crippen LogP contribution is 2.40. The second-order valence-corrected chi connectivity index (χ2v) is 6.45. The molecule has 2 aromatic rings. The fourth-order valence-electron chi connectivity index (χ4n) is 3.93. The van der Waals surface area contributed by atoms with Gasteiger partial charge in [0, 0.05) is 44.1 Å². The fraction of sp³-hybridized carbons (Fsp3) is 0.529. The summed E-state index contributed by atoms with van der Waals surface area (Å²) in [5.41, 5.74) is 2.31. The third-order valence-corrected chi connectivity index (χ3v) is 4.91. The van der Waals surface area contributed by atoms with Crippen molar-refractivity contribution in [2.24, 2.45) is 13.0 Å². The number of hydrogen-bond acceptors (Lipinski definition) is 4. The number of ether oxygens (including phenoxy) is 1. The largest absolute Gasteiger partial charge is 0.370 e. The highest BCUT2D eigenvalue weighted by molar-refractivity contribution is 5.09. The molecule has 116 valence electrons. The van der Waals surface area contributed by atoms with Crippen molar-refractivity contribution in [3.63, 3.8) is 0 Å². The zero-order valence-corrected chi connectivity index (χ0v) is 12.9. The third-order valence-electron chi connectivity index (χ3n) is 4.91. The Morgan fingerprint density at radius 1 is 1.32 bits per heavy atom. The van der Waals surface area contributed by atoms with Crippen molar-refractivity contribution in [3.05, 3.63) is 48.0 Å². The summed E-state index contributed by atoms with van der Waals surface area (Å²) in [6, 6.07) is 6.54. The number of hydrogen-bond donors (Lipinski definition) is 0. The molecule has 1 aliphatic heterocycles. The zero-order chi connectivity index (χ0) is 14.9. The van der Waals surface area contributed by atoms with Gasteiger partial charge in [0.25, 0.3) is 0 Å². The lowest BCUT2D eigenvalue weighted by molar-refractivity contribution is 0.0138. The summed E-state index contributed by atoms with van der Waals surface area (Å²) >= 11 is 0. The molecular weight excluding hydrogens is 276 g/mol. The second-order valence-electron chi connectivity index (χ2n) is 6.45. The van der Waals surface area contributed by atoms with Crippen LogP contribution < -0.4 is 0 Å². The van der Waals surface area contributed by atoms with E-state index in [1.807, 2.05) is 42.3 Å². The first-order chi connectivity index (χ1) is 10.8. The maximum atomic E-state index is 6.22. The molecule has 5 nitrogen and oxygen atoms in total. The maximum absolute atomic E-state index is 6.22. The highest BCUT2D eigenvalue weighted by atomic mass is 16.5. The summed E-state index contributed by atoms with van der Waals surface area (Å²) in [6.07, 6.45) is 8.81. The van der Waals surface area contributed by atoms with Crippen molar-refractivity contribution in [2.45, 2.75) is 38.1 Å². The normalized spacial score (nSPS) is 27.6. The molecule has 4 rings (SSSR count). The standard InChI is InChI=1S/C17H22N4O/c1-20-9-13(8-19-20)10-21-11-14-5-6-16(21)17(14)22-12-15-4-2-3-7-18-15/h2-4,7-9,14,16-17H,5-6,10-12H2,1H3. The first-order valence-electron chi connectivity index (χ1n) is 8.02. The van der Waals surface area contributed by atoms with Crippen LogP contribution >= 0.6 is 0 Å². The predicted molar refractivity (Wildman–Crippen MR) is 82.9 cm³/mol. The van der Waals surface area contributed by atoms with Crippen molar-refractivity contribution in [1.29, 1.82) is 0 Å². The summed E-state index contributed by atoms with van der Waals surface area (Å²) in [5, 5.41) is 4.27. The Morgan fingerprint density at radius 2 is 2.27 bits per heavy atom. The van der Waals surface area contributed by atoms with Gasteiger partial charge in [-0.2, -0.15) is 5.10 Å². The van der Waals surface area contributed by atoms with E-state index in [0.29, 0.717) is 24.7 Å². The minimum absolute atomic E-state index is 0.360. The fourth-order valence-corrected chi connectivity index (χ4v) is 3.93. The van der Waals surface area contributed by atoms with E-state index in [2.05, 4.69) is 21.2 Å². The SMILES string of the molecule is Cn1cc(CN2CC3CCC2C3OCc2ccccn2)cn1. The van der Waals surface area contributed by atoms with Gasteiger partial charge in [-0.3, -0.25) is 14.6 Å². The van der Waals surface area contributed by atoms with Crippen LogP contribution in [0.1, 0.15) is 24.1 Å². The van der Waals surface area contributed by atoms with Gasteiger partial charge in [-0.25, -0.2) is 0 Å². The van der Waals surface area contributed by atoms with Crippen LogP contribution in [0.15, 0.2) is 36.8 Å². The molecule has 0 N–H and O–H groups in total. The average Bonchev–Trinajstić information content (AvgIpc) is 3.21. The number of rotatable bonds is 5. The average molecular weight is 298 g/mol. The number of nitrogens with zero attached hydrogens (tertiary/aromatic N) is 4. The Kier molecular flexibility index (Phi) is 3.68. The molecule has 22 heavy (non-hydrogen) atoms. The molecule has 0 aromatic carbocycles. The van der Waals surface area contributed by atoms with Gasteiger partial charge in [0.2, 0.25) is 0 Å². The molecule has 2 aliphatic rings. The second kappa shape index (κ2) is 5.82. The van der Waals surface area contributed by atoms with E-state index in [4.69, 9.17) is 4.74 Å². The minimum Gasteiger partial charge on any atom is -0.370 e. The van der Waals surface area contributed by atoms with E-state index < -0.39 is 0 Å². The molecule has 1 saturated carbocycles. The van der Waals surface area contributed by atoms with E-state index >= 15 is 0 Å². The predicted octanol–water partition coefficient (Wildman–Crippen LogP) is 1.99. The van der Waals surface area contributed by atoms with Crippen molar-refractivity contribution in [1.82, 2.24) is 19.7 Å². The van der Waals surface area contributed by atoms with Crippen molar-refractivity contribution >= 4 is 0 Å². The number of aryl methyl sites for hydroxylation is 1. The van der Waals surface area contributed by atoms with Gasteiger partial charge in [-0.05, 0) is 30.9 Å². The van der Waals surface area contributed by atoms with Crippen molar-refractivity contribution in [2.75, 3.05) is 6.54 Å². The Balaban J connectivity index is 1.38. The van der Waals surface area contributed by atoms with Crippen LogP contribution in [0, 0.1) is 5.92 Å². The number of aromatic nitrogens is 3. The molecule has 3 unspecified atom stereocenters. The summed E-state index contributed by atoms with van der Waals surface area (Å²) < 4.78 is 8.10. The highest BCUT2D eigenvalue weighted by Gasteiger charge is 2.47. The molecular formula is C17H22N4O. The third kappa shape index (κ3) is 2.66. The van der Waals surface area contributed by atoms with E-state index in [1.165, 1.54) is 18.4 Å². The van der Waals surface area contributed by atoms with Gasteiger partial charge in [-0.1, -0.05) is 6.07 Å². The summed E-state index contributed by atoms with van der Waals surface area (Å²) in [7, 11) is 1.97. The van der Waals surface area contributed by atoms with Gasteiger partial charge in [0.1, 0.15) is 0 Å². The lowest BCUT2D eigenvalue weighted by Gasteiger charge is -2.26. The van der Waals surface area contributed by atoms with Crippen LogP contribution in [-0.2, 0) is 24.9 Å². The molecule has 0 radical (unpaired) electrons. The van der Waals surface area contributed by atoms with Crippen LogP contribution in [0.5, 0.6) is 0 Å². The summed E-state index contributed by atoms with van der Waals surface area (Å²) in [6.45, 7) is 2.75. The molecule has 1 aliphatic carbocycles. The Bertz CT molecular complexity index is 627. The molecule has 3 heterocycles. The van der Waals surface area contributed by atoms with Gasteiger partial charge in [-0.15, -0.1) is 0 Å². The lowest BCUT2D eigenvalue weighted by Crippen LogP contribution is -2.34. The molecule has 0 spiro atoms. The van der Waals surface area contributed by atoms with Crippen LogP contribution in [0.2, 0.25) is 0 Å². The summed E-state index contributed by atoms with van der Waals surface area (Å²) in [4.78, 5) is 6.91. The van der Waals surface area contributed by atoms with Gasteiger partial charge in [0.05, 0.1) is 24.6 Å². The Hall–Kier alpha value is -1.72. The lowest BCUT2D eigenvalue weighted by atomic mass is 10.1. The van der Waals surface area contributed by atoms with Crippen LogP contribution in [0.3, 0.4) is 0 Å². The molecule has 5 heteroatoms. The molecule has 2 fully saturated rings. The van der Waals surface area contributed by atoms with E-state index in [-0.39, 0.29) is 0 Å². The maximum Gasteiger partial charge on any atom is 0.0892 e. The first kappa shape index (κ1) is 13.9. The van der Waals surface area contributed by atoms with Crippen molar-refractivity contribution in [3.8, 4) is 0 Å². The number of likely N-dealkylation sites (tertiary alicyclic amines) is 1.